The Morgan fingerprint density at radius 2 is 1.58 bits per heavy atom. The van der Waals surface area contributed by atoms with Gasteiger partial charge >= 0.3 is 6.03 Å². The van der Waals surface area contributed by atoms with Gasteiger partial charge < -0.3 is 15.1 Å². The van der Waals surface area contributed by atoms with Gasteiger partial charge in [0.2, 0.25) is 0 Å². The van der Waals surface area contributed by atoms with Crippen molar-refractivity contribution in [2.75, 3.05) is 39.3 Å². The fourth-order valence-electron chi connectivity index (χ4n) is 3.12. The molecular formula is C15H29N3O. The summed E-state index contributed by atoms with van der Waals surface area (Å²) in [4.78, 5) is 16.6. The van der Waals surface area contributed by atoms with Crippen LogP contribution in [-0.4, -0.2) is 55.1 Å². The molecule has 4 nitrogen and oxygen atoms in total. The van der Waals surface area contributed by atoms with Crippen molar-refractivity contribution < 1.29 is 4.79 Å². The first-order valence-electron chi connectivity index (χ1n) is 8.01. The largest absolute Gasteiger partial charge is 0.338 e. The number of amides is 2. The van der Waals surface area contributed by atoms with Crippen molar-refractivity contribution in [1.82, 2.24) is 15.1 Å². The topological polar surface area (TPSA) is 35.6 Å². The van der Waals surface area contributed by atoms with Gasteiger partial charge in [0, 0.05) is 26.2 Å². The van der Waals surface area contributed by atoms with E-state index in [1.54, 1.807) is 0 Å². The Morgan fingerprint density at radius 3 is 2.21 bits per heavy atom. The summed E-state index contributed by atoms with van der Waals surface area (Å²) in [5.41, 5.74) is 0. The molecule has 0 aromatic carbocycles. The molecule has 2 aliphatic heterocycles. The Hall–Kier alpha value is -0.770. The third kappa shape index (κ3) is 5.01. The highest BCUT2D eigenvalue weighted by Gasteiger charge is 2.18. The molecule has 2 heterocycles. The van der Waals surface area contributed by atoms with Crippen LogP contribution in [0.4, 0.5) is 4.79 Å². The molecule has 2 aliphatic rings. The van der Waals surface area contributed by atoms with E-state index in [0.29, 0.717) is 5.92 Å². The molecule has 0 radical (unpaired) electrons. The Bertz CT molecular complexity index is 269. The highest BCUT2D eigenvalue weighted by molar-refractivity contribution is 5.74. The van der Waals surface area contributed by atoms with E-state index in [-0.39, 0.29) is 6.03 Å². The second kappa shape index (κ2) is 7.73. The highest BCUT2D eigenvalue weighted by Crippen LogP contribution is 2.11. The number of hydrogen-bond donors (Lipinski definition) is 1. The van der Waals surface area contributed by atoms with Crippen molar-refractivity contribution in [2.24, 2.45) is 5.92 Å². The average molecular weight is 267 g/mol. The van der Waals surface area contributed by atoms with Crippen LogP contribution in [0.3, 0.4) is 0 Å². The summed E-state index contributed by atoms with van der Waals surface area (Å²) >= 11 is 0. The molecule has 2 fully saturated rings. The van der Waals surface area contributed by atoms with Gasteiger partial charge in [-0.25, -0.2) is 4.79 Å². The summed E-state index contributed by atoms with van der Waals surface area (Å²) in [5, 5.41) is 3.11. The van der Waals surface area contributed by atoms with Crippen LogP contribution in [0, 0.1) is 5.92 Å². The van der Waals surface area contributed by atoms with E-state index in [1.165, 1.54) is 38.8 Å². The van der Waals surface area contributed by atoms with Crippen LogP contribution in [-0.2, 0) is 0 Å². The lowest BCUT2D eigenvalue weighted by atomic mass is 10.1. The molecule has 2 amide bonds. The third-order valence-corrected chi connectivity index (χ3v) is 4.26. The van der Waals surface area contributed by atoms with Gasteiger partial charge in [-0.2, -0.15) is 0 Å². The first-order valence-corrected chi connectivity index (χ1v) is 8.01. The van der Waals surface area contributed by atoms with Crippen LogP contribution in [0.15, 0.2) is 0 Å². The summed E-state index contributed by atoms with van der Waals surface area (Å²) in [7, 11) is 0. The van der Waals surface area contributed by atoms with Gasteiger partial charge in [-0.1, -0.05) is 19.8 Å². The normalized spacial score (nSPS) is 23.1. The van der Waals surface area contributed by atoms with Crippen molar-refractivity contribution in [3.8, 4) is 0 Å². The standard InChI is InChI=1S/C15H29N3O/c1-14(13-17-8-6-7-9-17)12-16-15(19)18-10-4-2-3-5-11-18/h14H,2-13H2,1H3,(H,16,19). The Labute approximate surface area is 117 Å². The minimum Gasteiger partial charge on any atom is -0.338 e. The van der Waals surface area contributed by atoms with E-state index in [9.17, 15) is 4.79 Å². The molecule has 1 atom stereocenters. The van der Waals surface area contributed by atoms with E-state index in [0.717, 1.165) is 39.0 Å². The monoisotopic (exact) mass is 267 g/mol. The second-order valence-electron chi connectivity index (χ2n) is 6.20. The summed E-state index contributed by atoms with van der Waals surface area (Å²) in [6.07, 6.45) is 7.55. The molecule has 0 aliphatic carbocycles. The van der Waals surface area contributed by atoms with Crippen molar-refractivity contribution in [3.05, 3.63) is 0 Å². The fraction of sp³-hybridized carbons (Fsp3) is 0.933. The van der Waals surface area contributed by atoms with Crippen molar-refractivity contribution in [1.29, 1.82) is 0 Å². The number of carbonyl (C=O) groups is 1. The van der Waals surface area contributed by atoms with Gasteiger partial charge in [0.1, 0.15) is 0 Å². The molecule has 0 bridgehead atoms. The number of carbonyl (C=O) groups excluding carboxylic acids is 1. The molecule has 1 N–H and O–H groups in total. The molecule has 0 aromatic heterocycles. The predicted octanol–water partition coefficient (Wildman–Crippen LogP) is 2.30. The number of likely N-dealkylation sites (tertiary alicyclic amines) is 2. The lowest BCUT2D eigenvalue weighted by molar-refractivity contribution is 0.196. The second-order valence-corrected chi connectivity index (χ2v) is 6.20. The zero-order chi connectivity index (χ0) is 13.5. The molecule has 4 heteroatoms. The molecule has 0 spiro atoms. The van der Waals surface area contributed by atoms with Crippen LogP contribution in [0.2, 0.25) is 0 Å². The summed E-state index contributed by atoms with van der Waals surface area (Å²) in [6, 6.07) is 0.148. The molecule has 2 rings (SSSR count). The molecule has 0 aromatic rings. The number of nitrogens with one attached hydrogen (secondary N) is 1. The number of urea groups is 1. The molecule has 2 saturated heterocycles. The van der Waals surface area contributed by atoms with Crippen molar-refractivity contribution in [2.45, 2.75) is 45.4 Å². The SMILES string of the molecule is CC(CNC(=O)N1CCCCCC1)CN1CCCC1. The van der Waals surface area contributed by atoms with Crippen LogP contribution in [0.25, 0.3) is 0 Å². The molecule has 19 heavy (non-hydrogen) atoms. The number of nitrogens with zero attached hydrogens (tertiary/aromatic N) is 2. The Balaban J connectivity index is 1.64. The lowest BCUT2D eigenvalue weighted by Crippen LogP contribution is -2.43. The maximum Gasteiger partial charge on any atom is 0.317 e. The molecule has 1 unspecified atom stereocenters. The Morgan fingerprint density at radius 1 is 1.00 bits per heavy atom. The summed E-state index contributed by atoms with van der Waals surface area (Å²) in [5.74, 6) is 0.550. The van der Waals surface area contributed by atoms with Crippen LogP contribution < -0.4 is 5.32 Å². The molecule has 110 valence electrons. The predicted molar refractivity (Wildman–Crippen MR) is 78.3 cm³/mol. The quantitative estimate of drug-likeness (QED) is 0.848. The molecular weight excluding hydrogens is 238 g/mol. The van der Waals surface area contributed by atoms with Crippen LogP contribution in [0.5, 0.6) is 0 Å². The minimum atomic E-state index is 0.148. The van der Waals surface area contributed by atoms with Gasteiger partial charge in [-0.05, 0) is 44.7 Å². The van der Waals surface area contributed by atoms with Crippen molar-refractivity contribution in [3.63, 3.8) is 0 Å². The zero-order valence-electron chi connectivity index (χ0n) is 12.4. The van der Waals surface area contributed by atoms with E-state index in [1.807, 2.05) is 4.90 Å². The van der Waals surface area contributed by atoms with Crippen molar-refractivity contribution >= 4 is 6.03 Å². The average Bonchev–Trinajstić information content (AvgIpc) is 2.76. The first-order chi connectivity index (χ1) is 9.25. The van der Waals surface area contributed by atoms with Gasteiger partial charge in [-0.15, -0.1) is 0 Å². The van der Waals surface area contributed by atoms with E-state index >= 15 is 0 Å². The van der Waals surface area contributed by atoms with E-state index in [2.05, 4.69) is 17.1 Å². The van der Waals surface area contributed by atoms with E-state index < -0.39 is 0 Å². The third-order valence-electron chi connectivity index (χ3n) is 4.26. The number of rotatable bonds is 4. The van der Waals surface area contributed by atoms with Gasteiger partial charge in [0.15, 0.2) is 0 Å². The molecule has 0 saturated carbocycles. The van der Waals surface area contributed by atoms with Gasteiger partial charge in [0.25, 0.3) is 0 Å². The number of hydrogen-bond acceptors (Lipinski definition) is 2. The van der Waals surface area contributed by atoms with E-state index in [4.69, 9.17) is 0 Å². The van der Waals surface area contributed by atoms with Crippen LogP contribution >= 0.6 is 0 Å². The minimum absolute atomic E-state index is 0.148. The van der Waals surface area contributed by atoms with Gasteiger partial charge in [0.05, 0.1) is 0 Å². The Kier molecular flexibility index (Phi) is 5.95. The summed E-state index contributed by atoms with van der Waals surface area (Å²) < 4.78 is 0. The first kappa shape index (κ1) is 14.6. The fourth-order valence-corrected chi connectivity index (χ4v) is 3.12. The highest BCUT2D eigenvalue weighted by atomic mass is 16.2. The van der Waals surface area contributed by atoms with Crippen LogP contribution in [0.1, 0.15) is 45.4 Å². The maximum absolute atomic E-state index is 12.1. The zero-order valence-corrected chi connectivity index (χ0v) is 12.4. The van der Waals surface area contributed by atoms with Gasteiger partial charge in [-0.3, -0.25) is 0 Å². The summed E-state index contributed by atoms with van der Waals surface area (Å²) in [6.45, 7) is 8.53. The lowest BCUT2D eigenvalue weighted by Gasteiger charge is -2.24. The smallest absolute Gasteiger partial charge is 0.317 e. The maximum atomic E-state index is 12.1.